The molecule has 2 N–H and O–H groups in total. The van der Waals surface area contributed by atoms with Gasteiger partial charge in [0.2, 0.25) is 5.91 Å². The Kier molecular flexibility index (Phi) is 6.86. The Hall–Kier alpha value is -3.88. The zero-order chi connectivity index (χ0) is 22.4. The predicted octanol–water partition coefficient (Wildman–Crippen LogP) is 1.24. The van der Waals surface area contributed by atoms with Crippen molar-refractivity contribution in [3.05, 3.63) is 59.2 Å². The summed E-state index contributed by atoms with van der Waals surface area (Å²) in [6, 6.07) is 11.4. The summed E-state index contributed by atoms with van der Waals surface area (Å²) in [6.45, 7) is 0.402. The Morgan fingerprint density at radius 3 is 1.97 bits per heavy atom. The lowest BCUT2D eigenvalue weighted by Gasteiger charge is -2.13. The van der Waals surface area contributed by atoms with Crippen LogP contribution in [0, 0.1) is 0 Å². The summed E-state index contributed by atoms with van der Waals surface area (Å²) in [5.41, 5.74) is 1.07. The molecule has 2 aromatic rings. The maximum atomic E-state index is 12.3. The Balaban J connectivity index is 1.42. The normalized spacial score (nSPS) is 12.4. The first-order valence-electron chi connectivity index (χ1n) is 9.67. The first kappa shape index (κ1) is 21.8. The largest absolute Gasteiger partial charge is 0.497 e. The zero-order valence-electron chi connectivity index (χ0n) is 17.3. The molecule has 3 rings (SSSR count). The molecule has 4 amide bonds. The molecule has 0 saturated heterocycles. The number of hydrogen-bond donors (Lipinski definition) is 2. The van der Waals surface area contributed by atoms with E-state index in [9.17, 15) is 19.2 Å². The summed E-state index contributed by atoms with van der Waals surface area (Å²) in [7, 11) is 2.99. The van der Waals surface area contributed by atoms with Gasteiger partial charge < -0.3 is 20.1 Å². The van der Waals surface area contributed by atoms with Crippen molar-refractivity contribution < 1.29 is 28.7 Å². The third-order valence-corrected chi connectivity index (χ3v) is 4.79. The van der Waals surface area contributed by atoms with Crippen molar-refractivity contribution in [1.82, 2.24) is 15.5 Å². The van der Waals surface area contributed by atoms with Crippen molar-refractivity contribution in [2.45, 2.75) is 6.42 Å². The molecule has 31 heavy (non-hydrogen) atoms. The van der Waals surface area contributed by atoms with Crippen LogP contribution in [0.1, 0.15) is 37.5 Å². The smallest absolute Gasteiger partial charge is 0.261 e. The number of rotatable bonds is 9. The second-order valence-electron chi connectivity index (χ2n) is 6.76. The minimum atomic E-state index is -0.394. The van der Waals surface area contributed by atoms with E-state index in [2.05, 4.69) is 10.6 Å². The van der Waals surface area contributed by atoms with Gasteiger partial charge in [0, 0.05) is 37.7 Å². The number of carbonyl (C=O) groups excluding carboxylic acids is 4. The third kappa shape index (κ3) is 5.00. The van der Waals surface area contributed by atoms with Crippen LogP contribution in [0.3, 0.4) is 0 Å². The van der Waals surface area contributed by atoms with E-state index >= 15 is 0 Å². The van der Waals surface area contributed by atoms with E-state index in [1.807, 2.05) is 0 Å². The lowest BCUT2D eigenvalue weighted by Crippen LogP contribution is -2.37. The number of amides is 4. The van der Waals surface area contributed by atoms with Gasteiger partial charge in [-0.05, 0) is 24.3 Å². The molecule has 1 aliphatic heterocycles. The third-order valence-electron chi connectivity index (χ3n) is 4.79. The molecule has 0 saturated carbocycles. The molecule has 1 heterocycles. The topological polar surface area (TPSA) is 114 Å². The monoisotopic (exact) mass is 425 g/mol. The minimum absolute atomic E-state index is 0.00581. The standard InChI is InChI=1S/C22H23N3O6/c1-30-15-11-14(12-16(13-15)31-2)20(27)24-9-8-23-19(26)7-10-25-21(28)17-5-3-4-6-18(17)22(25)29/h3-6,11-13H,7-10H2,1-2H3,(H,23,26)(H,24,27). The van der Waals surface area contributed by atoms with Crippen LogP contribution < -0.4 is 20.1 Å². The number of methoxy groups -OCH3 is 2. The van der Waals surface area contributed by atoms with E-state index in [1.165, 1.54) is 14.2 Å². The van der Waals surface area contributed by atoms with Gasteiger partial charge in [-0.3, -0.25) is 24.1 Å². The quantitative estimate of drug-likeness (QED) is 0.462. The average molecular weight is 425 g/mol. The van der Waals surface area contributed by atoms with Crippen molar-refractivity contribution >= 4 is 23.6 Å². The van der Waals surface area contributed by atoms with Crippen molar-refractivity contribution in [3.8, 4) is 11.5 Å². The van der Waals surface area contributed by atoms with Crippen LogP contribution >= 0.6 is 0 Å². The molecule has 0 atom stereocenters. The minimum Gasteiger partial charge on any atom is -0.497 e. The van der Waals surface area contributed by atoms with Crippen LogP contribution in [-0.2, 0) is 4.79 Å². The summed E-state index contributed by atoms with van der Waals surface area (Å²) < 4.78 is 10.3. The molecule has 0 aromatic heterocycles. The number of ether oxygens (including phenoxy) is 2. The molecule has 0 radical (unpaired) electrons. The Labute approximate surface area is 179 Å². The van der Waals surface area contributed by atoms with Crippen LogP contribution in [-0.4, -0.2) is 62.4 Å². The van der Waals surface area contributed by atoms with E-state index in [0.717, 1.165) is 4.90 Å². The first-order chi connectivity index (χ1) is 14.9. The summed E-state index contributed by atoms with van der Waals surface area (Å²) in [5.74, 6) is -0.466. The molecule has 1 aliphatic rings. The summed E-state index contributed by atoms with van der Waals surface area (Å²) >= 11 is 0. The zero-order valence-corrected chi connectivity index (χ0v) is 17.3. The lowest BCUT2D eigenvalue weighted by molar-refractivity contribution is -0.121. The van der Waals surface area contributed by atoms with Crippen LogP contribution in [0.25, 0.3) is 0 Å². The van der Waals surface area contributed by atoms with Crippen LogP contribution in [0.2, 0.25) is 0 Å². The Morgan fingerprint density at radius 1 is 0.871 bits per heavy atom. The molecular formula is C22H23N3O6. The lowest BCUT2D eigenvalue weighted by atomic mass is 10.1. The first-order valence-corrected chi connectivity index (χ1v) is 9.67. The Morgan fingerprint density at radius 2 is 1.42 bits per heavy atom. The van der Waals surface area contributed by atoms with Crippen LogP contribution in [0.15, 0.2) is 42.5 Å². The second kappa shape index (κ2) is 9.75. The van der Waals surface area contributed by atoms with Gasteiger partial charge in [-0.1, -0.05) is 12.1 Å². The highest BCUT2D eigenvalue weighted by molar-refractivity contribution is 6.21. The van der Waals surface area contributed by atoms with E-state index in [4.69, 9.17) is 9.47 Å². The van der Waals surface area contributed by atoms with Gasteiger partial charge in [0.1, 0.15) is 11.5 Å². The van der Waals surface area contributed by atoms with Crippen molar-refractivity contribution in [3.63, 3.8) is 0 Å². The van der Waals surface area contributed by atoms with Gasteiger partial charge in [-0.25, -0.2) is 0 Å². The molecular weight excluding hydrogens is 402 g/mol. The van der Waals surface area contributed by atoms with E-state index in [1.54, 1.807) is 42.5 Å². The summed E-state index contributed by atoms with van der Waals surface area (Å²) in [4.78, 5) is 50.0. The van der Waals surface area contributed by atoms with Gasteiger partial charge in [0.15, 0.2) is 0 Å². The number of imide groups is 1. The van der Waals surface area contributed by atoms with Gasteiger partial charge in [-0.2, -0.15) is 0 Å². The van der Waals surface area contributed by atoms with E-state index in [0.29, 0.717) is 28.2 Å². The highest BCUT2D eigenvalue weighted by atomic mass is 16.5. The maximum absolute atomic E-state index is 12.3. The molecule has 9 nitrogen and oxygen atoms in total. The highest BCUT2D eigenvalue weighted by Gasteiger charge is 2.34. The number of benzene rings is 2. The number of nitrogens with one attached hydrogen (secondary N) is 2. The molecule has 0 spiro atoms. The molecule has 9 heteroatoms. The van der Waals surface area contributed by atoms with Gasteiger partial charge in [-0.15, -0.1) is 0 Å². The predicted molar refractivity (Wildman–Crippen MR) is 111 cm³/mol. The van der Waals surface area contributed by atoms with Gasteiger partial charge >= 0.3 is 0 Å². The molecule has 2 aromatic carbocycles. The van der Waals surface area contributed by atoms with E-state index in [-0.39, 0.29) is 37.9 Å². The fourth-order valence-corrected chi connectivity index (χ4v) is 3.16. The van der Waals surface area contributed by atoms with Crippen molar-refractivity contribution in [1.29, 1.82) is 0 Å². The number of carbonyl (C=O) groups is 4. The SMILES string of the molecule is COc1cc(OC)cc(C(=O)NCCNC(=O)CCN2C(=O)c3ccccc3C2=O)c1. The summed E-state index contributed by atoms with van der Waals surface area (Å²) in [6.07, 6.45) is -0.0213. The molecule has 0 aliphatic carbocycles. The van der Waals surface area contributed by atoms with E-state index < -0.39 is 11.8 Å². The second-order valence-corrected chi connectivity index (χ2v) is 6.76. The van der Waals surface area contributed by atoms with Gasteiger partial charge in [0.25, 0.3) is 17.7 Å². The number of nitrogens with zero attached hydrogens (tertiary/aromatic N) is 1. The van der Waals surface area contributed by atoms with Crippen LogP contribution in [0.5, 0.6) is 11.5 Å². The molecule has 0 unspecified atom stereocenters. The van der Waals surface area contributed by atoms with Crippen molar-refractivity contribution in [2.75, 3.05) is 33.9 Å². The maximum Gasteiger partial charge on any atom is 0.261 e. The van der Waals surface area contributed by atoms with Gasteiger partial charge in [0.05, 0.1) is 25.3 Å². The molecule has 0 bridgehead atoms. The fourth-order valence-electron chi connectivity index (χ4n) is 3.16. The fraction of sp³-hybridized carbons (Fsp3) is 0.273. The van der Waals surface area contributed by atoms with Crippen molar-refractivity contribution in [2.24, 2.45) is 0 Å². The molecule has 162 valence electrons. The highest BCUT2D eigenvalue weighted by Crippen LogP contribution is 2.23. The average Bonchev–Trinajstić information content (AvgIpc) is 3.04. The molecule has 0 fully saturated rings. The number of hydrogen-bond acceptors (Lipinski definition) is 6. The Bertz CT molecular complexity index is 963. The number of fused-ring (bicyclic) bond motifs is 1. The summed E-state index contributed by atoms with van der Waals surface area (Å²) in [5, 5.41) is 5.35. The van der Waals surface area contributed by atoms with Crippen LogP contribution in [0.4, 0.5) is 0 Å².